The molecule has 1 aromatic heterocycles. The molecule has 0 bridgehead atoms. The van der Waals surface area contributed by atoms with Gasteiger partial charge in [-0.15, -0.1) is 0 Å². The summed E-state index contributed by atoms with van der Waals surface area (Å²) in [5, 5.41) is 0.725. The standard InChI is InChI=1S/C14H17ClN4/c1-9-6-7-18-14(16)13(9)12(19-17)8-10-4-2-3-5-11(10)15/h2-7,12,19H,8,17H2,1H3,(H2,16,18). The van der Waals surface area contributed by atoms with Crippen LogP contribution in [0.3, 0.4) is 0 Å². The number of nitrogens with zero attached hydrogens (tertiary/aromatic N) is 1. The van der Waals surface area contributed by atoms with Crippen LogP contribution in [0.25, 0.3) is 0 Å². The van der Waals surface area contributed by atoms with Crippen molar-refractivity contribution in [2.45, 2.75) is 19.4 Å². The minimum Gasteiger partial charge on any atom is -0.383 e. The lowest BCUT2D eigenvalue weighted by atomic mass is 9.96. The van der Waals surface area contributed by atoms with Crippen LogP contribution < -0.4 is 17.0 Å². The van der Waals surface area contributed by atoms with E-state index in [1.165, 1.54) is 0 Å². The number of rotatable bonds is 4. The molecule has 100 valence electrons. The van der Waals surface area contributed by atoms with Crippen molar-refractivity contribution in [1.29, 1.82) is 0 Å². The summed E-state index contributed by atoms with van der Waals surface area (Å²) in [5.41, 5.74) is 11.7. The molecule has 0 saturated carbocycles. The molecule has 1 aromatic carbocycles. The van der Waals surface area contributed by atoms with Gasteiger partial charge in [0.15, 0.2) is 0 Å². The quantitative estimate of drug-likeness (QED) is 0.592. The molecule has 0 fully saturated rings. The van der Waals surface area contributed by atoms with Gasteiger partial charge in [-0.05, 0) is 36.6 Å². The number of anilines is 1. The number of aromatic nitrogens is 1. The Morgan fingerprint density at radius 2 is 2.05 bits per heavy atom. The van der Waals surface area contributed by atoms with E-state index in [0.29, 0.717) is 12.2 Å². The molecule has 1 unspecified atom stereocenters. The highest BCUT2D eigenvalue weighted by Gasteiger charge is 2.17. The zero-order chi connectivity index (χ0) is 13.8. The number of hydrogen-bond acceptors (Lipinski definition) is 4. The molecule has 0 aliphatic heterocycles. The Morgan fingerprint density at radius 1 is 1.32 bits per heavy atom. The van der Waals surface area contributed by atoms with E-state index in [9.17, 15) is 0 Å². The topological polar surface area (TPSA) is 77.0 Å². The molecule has 0 amide bonds. The van der Waals surface area contributed by atoms with Crippen molar-refractivity contribution in [1.82, 2.24) is 10.4 Å². The van der Waals surface area contributed by atoms with Crippen LogP contribution >= 0.6 is 11.6 Å². The van der Waals surface area contributed by atoms with E-state index < -0.39 is 0 Å². The number of benzene rings is 1. The third kappa shape index (κ3) is 3.04. The van der Waals surface area contributed by atoms with E-state index in [0.717, 1.165) is 21.7 Å². The number of pyridine rings is 1. The Labute approximate surface area is 117 Å². The minimum atomic E-state index is -0.117. The Morgan fingerprint density at radius 3 is 2.68 bits per heavy atom. The van der Waals surface area contributed by atoms with Crippen LogP contribution in [-0.4, -0.2) is 4.98 Å². The molecule has 0 radical (unpaired) electrons. The predicted molar refractivity (Wildman–Crippen MR) is 78.6 cm³/mol. The van der Waals surface area contributed by atoms with Gasteiger partial charge in [0.05, 0.1) is 6.04 Å². The lowest BCUT2D eigenvalue weighted by Gasteiger charge is -2.20. The smallest absolute Gasteiger partial charge is 0.128 e. The summed E-state index contributed by atoms with van der Waals surface area (Å²) >= 11 is 6.18. The third-order valence-electron chi connectivity index (χ3n) is 3.17. The van der Waals surface area contributed by atoms with Crippen molar-refractivity contribution in [3.63, 3.8) is 0 Å². The average Bonchev–Trinajstić information content (AvgIpc) is 2.39. The third-order valence-corrected chi connectivity index (χ3v) is 3.54. The number of halogens is 1. The Balaban J connectivity index is 2.34. The maximum absolute atomic E-state index is 6.18. The maximum atomic E-state index is 6.18. The summed E-state index contributed by atoms with van der Waals surface area (Å²) < 4.78 is 0. The molecule has 1 atom stereocenters. The number of nitrogen functional groups attached to an aromatic ring is 1. The molecular formula is C14H17ClN4. The fraction of sp³-hybridized carbons (Fsp3) is 0.214. The second kappa shape index (κ2) is 6.02. The van der Waals surface area contributed by atoms with Crippen LogP contribution in [0.5, 0.6) is 0 Å². The Kier molecular flexibility index (Phi) is 4.37. The van der Waals surface area contributed by atoms with E-state index in [2.05, 4.69) is 10.4 Å². The van der Waals surface area contributed by atoms with Gasteiger partial charge in [0, 0.05) is 16.8 Å². The fourth-order valence-corrected chi connectivity index (χ4v) is 2.39. The largest absolute Gasteiger partial charge is 0.383 e. The van der Waals surface area contributed by atoms with E-state index in [1.54, 1.807) is 6.20 Å². The van der Waals surface area contributed by atoms with Gasteiger partial charge >= 0.3 is 0 Å². The van der Waals surface area contributed by atoms with Crippen LogP contribution in [0.2, 0.25) is 5.02 Å². The predicted octanol–water partition coefficient (Wildman–Crippen LogP) is 2.37. The molecular weight excluding hydrogens is 260 g/mol. The summed E-state index contributed by atoms with van der Waals surface area (Å²) in [6, 6.07) is 9.50. The summed E-state index contributed by atoms with van der Waals surface area (Å²) in [7, 11) is 0. The van der Waals surface area contributed by atoms with Gasteiger partial charge in [0.2, 0.25) is 0 Å². The van der Waals surface area contributed by atoms with E-state index in [4.69, 9.17) is 23.2 Å². The summed E-state index contributed by atoms with van der Waals surface area (Å²) in [6.45, 7) is 1.99. The number of nitrogens with one attached hydrogen (secondary N) is 1. The number of aryl methyl sites for hydroxylation is 1. The highest BCUT2D eigenvalue weighted by atomic mass is 35.5. The van der Waals surface area contributed by atoms with Crippen LogP contribution in [0, 0.1) is 6.92 Å². The van der Waals surface area contributed by atoms with Crippen LogP contribution in [0.4, 0.5) is 5.82 Å². The molecule has 2 aromatic rings. The average molecular weight is 277 g/mol. The Bertz CT molecular complexity index is 551. The van der Waals surface area contributed by atoms with Crippen molar-refractivity contribution >= 4 is 17.4 Å². The molecule has 4 nitrogen and oxygen atoms in total. The second-order valence-corrected chi connectivity index (χ2v) is 4.85. The maximum Gasteiger partial charge on any atom is 0.128 e. The zero-order valence-electron chi connectivity index (χ0n) is 10.7. The highest BCUT2D eigenvalue weighted by Crippen LogP contribution is 2.27. The van der Waals surface area contributed by atoms with Crippen molar-refractivity contribution in [2.75, 3.05) is 5.73 Å². The normalized spacial score (nSPS) is 12.4. The molecule has 5 N–H and O–H groups in total. The summed E-state index contributed by atoms with van der Waals surface area (Å²) in [5.74, 6) is 6.16. The van der Waals surface area contributed by atoms with E-state index in [1.807, 2.05) is 37.3 Å². The van der Waals surface area contributed by atoms with Crippen molar-refractivity contribution in [2.24, 2.45) is 5.84 Å². The fourth-order valence-electron chi connectivity index (χ4n) is 2.17. The summed E-state index contributed by atoms with van der Waals surface area (Å²) in [6.07, 6.45) is 2.35. The number of nitrogens with two attached hydrogens (primary N) is 2. The Hall–Kier alpha value is -1.62. The molecule has 0 aliphatic rings. The van der Waals surface area contributed by atoms with Crippen molar-refractivity contribution in [3.05, 3.63) is 58.2 Å². The van der Waals surface area contributed by atoms with Gasteiger partial charge in [0.1, 0.15) is 5.82 Å². The van der Waals surface area contributed by atoms with Crippen LogP contribution in [-0.2, 0) is 6.42 Å². The number of hydrazine groups is 1. The first-order valence-electron chi connectivity index (χ1n) is 6.04. The monoisotopic (exact) mass is 276 g/mol. The van der Waals surface area contributed by atoms with Gasteiger partial charge in [0.25, 0.3) is 0 Å². The SMILES string of the molecule is Cc1ccnc(N)c1C(Cc1ccccc1Cl)NN. The van der Waals surface area contributed by atoms with Crippen LogP contribution in [0.15, 0.2) is 36.5 Å². The van der Waals surface area contributed by atoms with E-state index in [-0.39, 0.29) is 6.04 Å². The van der Waals surface area contributed by atoms with Gasteiger partial charge in [-0.2, -0.15) is 0 Å². The first kappa shape index (κ1) is 13.8. The first-order valence-corrected chi connectivity index (χ1v) is 6.41. The van der Waals surface area contributed by atoms with Crippen molar-refractivity contribution in [3.8, 4) is 0 Å². The molecule has 0 saturated heterocycles. The number of hydrogen-bond donors (Lipinski definition) is 3. The van der Waals surface area contributed by atoms with Crippen molar-refractivity contribution < 1.29 is 0 Å². The van der Waals surface area contributed by atoms with Gasteiger partial charge in [-0.25, -0.2) is 4.98 Å². The lowest BCUT2D eigenvalue weighted by Crippen LogP contribution is -2.31. The molecule has 19 heavy (non-hydrogen) atoms. The second-order valence-electron chi connectivity index (χ2n) is 4.44. The molecule has 0 aliphatic carbocycles. The van der Waals surface area contributed by atoms with E-state index >= 15 is 0 Å². The zero-order valence-corrected chi connectivity index (χ0v) is 11.5. The summed E-state index contributed by atoms with van der Waals surface area (Å²) in [4.78, 5) is 4.12. The van der Waals surface area contributed by atoms with Gasteiger partial charge in [-0.3, -0.25) is 11.3 Å². The minimum absolute atomic E-state index is 0.117. The van der Waals surface area contributed by atoms with Gasteiger partial charge < -0.3 is 5.73 Å². The molecule has 5 heteroatoms. The molecule has 1 heterocycles. The first-order chi connectivity index (χ1) is 9.13. The molecule has 0 spiro atoms. The highest BCUT2D eigenvalue weighted by molar-refractivity contribution is 6.31. The van der Waals surface area contributed by atoms with Crippen LogP contribution in [0.1, 0.15) is 22.7 Å². The van der Waals surface area contributed by atoms with Gasteiger partial charge in [-0.1, -0.05) is 29.8 Å². The molecule has 2 rings (SSSR count). The lowest BCUT2D eigenvalue weighted by molar-refractivity contribution is 0.549.